The summed E-state index contributed by atoms with van der Waals surface area (Å²) in [6, 6.07) is 14.0. The van der Waals surface area contributed by atoms with Crippen molar-refractivity contribution in [3.05, 3.63) is 88.6 Å². The third-order valence-corrected chi connectivity index (χ3v) is 4.50. The van der Waals surface area contributed by atoms with Crippen LogP contribution < -0.4 is 5.32 Å². The van der Waals surface area contributed by atoms with Gasteiger partial charge < -0.3 is 5.32 Å². The van der Waals surface area contributed by atoms with E-state index in [-0.39, 0.29) is 5.56 Å². The molecule has 0 radical (unpaired) electrons. The largest absolute Gasteiger partial charge is 0.309 e. The Morgan fingerprint density at radius 2 is 1.85 bits per heavy atom. The fraction of sp³-hybridized carbons (Fsp3) is 0.143. The van der Waals surface area contributed by atoms with Crippen molar-refractivity contribution in [1.82, 2.24) is 15.5 Å². The molecule has 26 heavy (non-hydrogen) atoms. The average molecular weight is 349 g/mol. The summed E-state index contributed by atoms with van der Waals surface area (Å²) in [5.74, 6) is -1.66. The number of fused-ring (bicyclic) bond motifs is 1. The summed E-state index contributed by atoms with van der Waals surface area (Å²) in [7, 11) is 0. The van der Waals surface area contributed by atoms with Gasteiger partial charge in [0.1, 0.15) is 0 Å². The first-order valence-electron chi connectivity index (χ1n) is 8.43. The summed E-state index contributed by atoms with van der Waals surface area (Å²) in [5, 5.41) is 11.6. The quantitative estimate of drug-likeness (QED) is 0.751. The normalized spacial score (nSPS) is 13.7. The zero-order valence-electron chi connectivity index (χ0n) is 14.3. The number of halogens is 2. The van der Waals surface area contributed by atoms with Crippen LogP contribution in [-0.4, -0.2) is 16.7 Å². The molecule has 0 amide bonds. The van der Waals surface area contributed by atoms with Crippen molar-refractivity contribution in [3.63, 3.8) is 0 Å². The standard InChI is InChI=1S/C21H17F2N3/c1-13-5-8-20(26-25-13)14-6-7-16-15(11-14)12-24-10-9-17(16)18-3-2-4-19(22)21(18)23/h2-9,11,24H,10,12H2,1H3. The van der Waals surface area contributed by atoms with Crippen molar-refractivity contribution in [2.75, 3.05) is 6.54 Å². The first-order chi connectivity index (χ1) is 12.6. The number of hydrogen-bond acceptors (Lipinski definition) is 3. The first kappa shape index (κ1) is 16.5. The van der Waals surface area contributed by atoms with Crippen LogP contribution in [0.3, 0.4) is 0 Å². The highest BCUT2D eigenvalue weighted by Crippen LogP contribution is 2.32. The van der Waals surface area contributed by atoms with Crippen molar-refractivity contribution in [2.45, 2.75) is 13.5 Å². The van der Waals surface area contributed by atoms with Gasteiger partial charge in [-0.05, 0) is 47.9 Å². The van der Waals surface area contributed by atoms with E-state index in [9.17, 15) is 8.78 Å². The molecule has 1 aliphatic rings. The topological polar surface area (TPSA) is 37.8 Å². The van der Waals surface area contributed by atoms with Crippen molar-refractivity contribution in [2.24, 2.45) is 0 Å². The van der Waals surface area contributed by atoms with Crippen molar-refractivity contribution < 1.29 is 8.78 Å². The van der Waals surface area contributed by atoms with E-state index in [2.05, 4.69) is 15.5 Å². The van der Waals surface area contributed by atoms with Gasteiger partial charge in [0.05, 0.1) is 11.4 Å². The second kappa shape index (κ2) is 6.77. The molecule has 0 fully saturated rings. The zero-order valence-corrected chi connectivity index (χ0v) is 14.3. The van der Waals surface area contributed by atoms with Gasteiger partial charge in [-0.1, -0.05) is 30.3 Å². The Bertz CT molecular complexity index is 995. The molecular weight excluding hydrogens is 332 g/mol. The monoisotopic (exact) mass is 349 g/mol. The van der Waals surface area contributed by atoms with Gasteiger partial charge in [-0.25, -0.2) is 8.78 Å². The SMILES string of the molecule is Cc1ccc(-c2ccc3c(c2)CNCC=C3c2cccc(F)c2F)nn1. The molecule has 130 valence electrons. The molecule has 1 aliphatic heterocycles. The number of nitrogens with zero attached hydrogens (tertiary/aromatic N) is 2. The highest BCUT2D eigenvalue weighted by molar-refractivity contribution is 5.83. The number of benzene rings is 2. The average Bonchev–Trinajstić information content (AvgIpc) is 2.86. The third kappa shape index (κ3) is 3.02. The van der Waals surface area contributed by atoms with Gasteiger partial charge in [-0.3, -0.25) is 0 Å². The van der Waals surface area contributed by atoms with E-state index in [1.807, 2.05) is 43.3 Å². The minimum atomic E-state index is -0.839. The van der Waals surface area contributed by atoms with Crippen LogP contribution in [0, 0.1) is 18.6 Å². The molecule has 5 heteroatoms. The number of aryl methyl sites for hydroxylation is 1. The minimum absolute atomic E-state index is 0.276. The molecule has 0 spiro atoms. The maximum absolute atomic E-state index is 14.3. The lowest BCUT2D eigenvalue weighted by molar-refractivity contribution is 0.506. The maximum atomic E-state index is 14.3. The molecule has 0 aliphatic carbocycles. The van der Waals surface area contributed by atoms with Gasteiger partial charge in [0.15, 0.2) is 11.6 Å². The fourth-order valence-corrected chi connectivity index (χ4v) is 3.17. The lowest BCUT2D eigenvalue weighted by Crippen LogP contribution is -2.11. The van der Waals surface area contributed by atoms with Crippen molar-refractivity contribution in [3.8, 4) is 11.3 Å². The second-order valence-electron chi connectivity index (χ2n) is 6.28. The summed E-state index contributed by atoms with van der Waals surface area (Å²) in [4.78, 5) is 0. The molecule has 4 rings (SSSR count). The van der Waals surface area contributed by atoms with E-state index in [1.165, 1.54) is 6.07 Å². The Morgan fingerprint density at radius 1 is 0.962 bits per heavy atom. The van der Waals surface area contributed by atoms with E-state index >= 15 is 0 Å². The zero-order chi connectivity index (χ0) is 18.1. The number of nitrogens with one attached hydrogen (secondary N) is 1. The molecule has 1 N–H and O–H groups in total. The molecule has 0 atom stereocenters. The van der Waals surface area contributed by atoms with Crippen LogP contribution in [0.15, 0.2) is 54.6 Å². The Morgan fingerprint density at radius 3 is 2.65 bits per heavy atom. The summed E-state index contributed by atoms with van der Waals surface area (Å²) < 4.78 is 28.0. The Kier molecular flexibility index (Phi) is 4.31. The van der Waals surface area contributed by atoms with Gasteiger partial charge in [-0.15, -0.1) is 0 Å². The number of aromatic nitrogens is 2. The van der Waals surface area contributed by atoms with Gasteiger partial charge in [-0.2, -0.15) is 10.2 Å². The lowest BCUT2D eigenvalue weighted by Gasteiger charge is -2.14. The highest BCUT2D eigenvalue weighted by atomic mass is 19.2. The predicted octanol–water partition coefficient (Wildman–Crippen LogP) is 4.27. The van der Waals surface area contributed by atoms with Crippen molar-refractivity contribution in [1.29, 1.82) is 0 Å². The molecular formula is C21H17F2N3. The van der Waals surface area contributed by atoms with Gasteiger partial charge in [0.2, 0.25) is 0 Å². The van der Waals surface area contributed by atoms with Gasteiger partial charge in [0, 0.05) is 24.2 Å². The summed E-state index contributed by atoms with van der Waals surface area (Å²) >= 11 is 0. The van der Waals surface area contributed by atoms with Crippen LogP contribution >= 0.6 is 0 Å². The van der Waals surface area contributed by atoms with Crippen LogP contribution in [-0.2, 0) is 6.54 Å². The fourth-order valence-electron chi connectivity index (χ4n) is 3.17. The molecule has 3 aromatic rings. The van der Waals surface area contributed by atoms with E-state index in [0.29, 0.717) is 18.7 Å². The number of hydrogen-bond donors (Lipinski definition) is 1. The molecule has 1 aromatic heterocycles. The Balaban J connectivity index is 1.81. The lowest BCUT2D eigenvalue weighted by atomic mass is 9.92. The predicted molar refractivity (Wildman–Crippen MR) is 97.3 cm³/mol. The summed E-state index contributed by atoms with van der Waals surface area (Å²) in [6.07, 6.45) is 1.90. The van der Waals surface area contributed by atoms with Gasteiger partial charge in [0.25, 0.3) is 0 Å². The van der Waals surface area contributed by atoms with E-state index in [0.717, 1.165) is 34.1 Å². The Hall–Kier alpha value is -2.92. The first-order valence-corrected chi connectivity index (χ1v) is 8.43. The molecule has 0 saturated heterocycles. The molecule has 2 heterocycles. The van der Waals surface area contributed by atoms with Crippen LogP contribution in [0.1, 0.15) is 22.4 Å². The van der Waals surface area contributed by atoms with E-state index in [1.54, 1.807) is 6.07 Å². The van der Waals surface area contributed by atoms with Crippen LogP contribution in [0.4, 0.5) is 8.78 Å². The molecule has 2 aromatic carbocycles. The smallest absolute Gasteiger partial charge is 0.166 e. The molecule has 0 saturated carbocycles. The van der Waals surface area contributed by atoms with Crippen LogP contribution in [0.5, 0.6) is 0 Å². The van der Waals surface area contributed by atoms with Gasteiger partial charge >= 0.3 is 0 Å². The Labute approximate surface area is 150 Å². The summed E-state index contributed by atoms with van der Waals surface area (Å²) in [6.45, 7) is 3.11. The van der Waals surface area contributed by atoms with Crippen molar-refractivity contribution >= 4 is 5.57 Å². The van der Waals surface area contributed by atoms with E-state index in [4.69, 9.17) is 0 Å². The highest BCUT2D eigenvalue weighted by Gasteiger charge is 2.18. The second-order valence-corrected chi connectivity index (χ2v) is 6.28. The minimum Gasteiger partial charge on any atom is -0.309 e. The summed E-state index contributed by atoms with van der Waals surface area (Å²) in [5.41, 5.74) is 5.46. The molecule has 0 unspecified atom stereocenters. The van der Waals surface area contributed by atoms with Crippen LogP contribution in [0.25, 0.3) is 16.8 Å². The molecule has 3 nitrogen and oxygen atoms in total. The molecule has 0 bridgehead atoms. The maximum Gasteiger partial charge on any atom is 0.166 e. The third-order valence-electron chi connectivity index (χ3n) is 4.50. The number of rotatable bonds is 2. The van der Waals surface area contributed by atoms with E-state index < -0.39 is 11.6 Å². The van der Waals surface area contributed by atoms with Crippen LogP contribution in [0.2, 0.25) is 0 Å².